The van der Waals surface area contributed by atoms with Crippen molar-refractivity contribution in [2.24, 2.45) is 7.05 Å². The predicted molar refractivity (Wildman–Crippen MR) is 86.9 cm³/mol. The molecule has 1 aromatic heterocycles. The first-order valence-electron chi connectivity index (χ1n) is 7.58. The lowest BCUT2D eigenvalue weighted by atomic mass is 10.2. The molecule has 1 aliphatic carbocycles. The number of ether oxygens (including phenoxy) is 1. The Morgan fingerprint density at radius 3 is 2.70 bits per heavy atom. The highest BCUT2D eigenvalue weighted by Gasteiger charge is 2.27. The van der Waals surface area contributed by atoms with Gasteiger partial charge in [-0.2, -0.15) is 5.10 Å². The van der Waals surface area contributed by atoms with E-state index in [1.54, 1.807) is 32.2 Å². The van der Waals surface area contributed by atoms with Crippen LogP contribution >= 0.6 is 0 Å². The number of aryl methyl sites for hydroxylation is 2. The number of methoxy groups -OCH3 is 1. The summed E-state index contributed by atoms with van der Waals surface area (Å²) in [6.07, 6.45) is 2.38. The van der Waals surface area contributed by atoms with Crippen LogP contribution in [0.15, 0.2) is 29.2 Å². The normalized spacial score (nSPS) is 14.9. The number of rotatable bonds is 6. The van der Waals surface area contributed by atoms with Crippen molar-refractivity contribution in [3.8, 4) is 5.75 Å². The molecule has 1 saturated carbocycles. The van der Waals surface area contributed by atoms with Gasteiger partial charge in [0.2, 0.25) is 10.0 Å². The molecule has 23 heavy (non-hydrogen) atoms. The number of nitrogens with zero attached hydrogens (tertiary/aromatic N) is 2. The van der Waals surface area contributed by atoms with Crippen LogP contribution in [0.1, 0.15) is 35.7 Å². The van der Waals surface area contributed by atoms with Gasteiger partial charge in [-0.25, -0.2) is 13.1 Å². The zero-order chi connectivity index (χ0) is 16.6. The average Bonchev–Trinajstić information content (AvgIpc) is 3.28. The minimum Gasteiger partial charge on any atom is -0.497 e. The maximum atomic E-state index is 12.5. The summed E-state index contributed by atoms with van der Waals surface area (Å²) in [6.45, 7) is 1.94. The first kappa shape index (κ1) is 16.0. The number of hydrogen-bond donors (Lipinski definition) is 1. The van der Waals surface area contributed by atoms with Crippen molar-refractivity contribution < 1.29 is 13.2 Å². The number of nitrogens with one attached hydrogen (secondary N) is 1. The third-order valence-corrected chi connectivity index (χ3v) is 5.64. The minimum absolute atomic E-state index is 0.189. The van der Waals surface area contributed by atoms with E-state index in [9.17, 15) is 8.42 Å². The lowest BCUT2D eigenvalue weighted by molar-refractivity contribution is 0.414. The summed E-state index contributed by atoms with van der Waals surface area (Å²) < 4.78 is 34.5. The van der Waals surface area contributed by atoms with E-state index in [1.807, 2.05) is 17.8 Å². The lowest BCUT2D eigenvalue weighted by Crippen LogP contribution is -2.24. The van der Waals surface area contributed by atoms with Crippen LogP contribution in [0.5, 0.6) is 5.75 Å². The Morgan fingerprint density at radius 1 is 1.35 bits per heavy atom. The number of aromatic nitrogens is 2. The van der Waals surface area contributed by atoms with Gasteiger partial charge in [0.25, 0.3) is 0 Å². The topological polar surface area (TPSA) is 73.2 Å². The Labute approximate surface area is 136 Å². The molecule has 0 unspecified atom stereocenters. The predicted octanol–water partition coefficient (Wildman–Crippen LogP) is 2.09. The van der Waals surface area contributed by atoms with E-state index in [-0.39, 0.29) is 11.4 Å². The summed E-state index contributed by atoms with van der Waals surface area (Å²) in [5.74, 6) is 1.22. The summed E-state index contributed by atoms with van der Waals surface area (Å²) in [5.41, 5.74) is 2.57. The van der Waals surface area contributed by atoms with E-state index >= 15 is 0 Å². The number of benzene rings is 1. The SMILES string of the molecule is COc1ccc(S(=O)(=O)NCc2cc(C3CC3)n(C)n2)c(C)c1. The van der Waals surface area contributed by atoms with Crippen LogP contribution in [0, 0.1) is 6.92 Å². The van der Waals surface area contributed by atoms with Crippen LogP contribution in [0.2, 0.25) is 0 Å². The first-order valence-corrected chi connectivity index (χ1v) is 9.06. The average molecular weight is 335 g/mol. The molecule has 3 rings (SSSR count). The first-order chi connectivity index (χ1) is 10.9. The van der Waals surface area contributed by atoms with Gasteiger partial charge in [-0.3, -0.25) is 4.68 Å². The van der Waals surface area contributed by atoms with Crippen molar-refractivity contribution in [1.29, 1.82) is 0 Å². The number of hydrogen-bond acceptors (Lipinski definition) is 4. The molecule has 0 atom stereocenters. The highest BCUT2D eigenvalue weighted by molar-refractivity contribution is 7.89. The van der Waals surface area contributed by atoms with Gasteiger partial charge >= 0.3 is 0 Å². The summed E-state index contributed by atoms with van der Waals surface area (Å²) in [5, 5.41) is 4.39. The maximum Gasteiger partial charge on any atom is 0.241 e. The molecule has 1 heterocycles. The summed E-state index contributed by atoms with van der Waals surface area (Å²) in [6, 6.07) is 6.90. The van der Waals surface area contributed by atoms with Crippen molar-refractivity contribution in [1.82, 2.24) is 14.5 Å². The Morgan fingerprint density at radius 2 is 2.09 bits per heavy atom. The van der Waals surface area contributed by atoms with E-state index in [0.29, 0.717) is 17.2 Å². The Hall–Kier alpha value is -1.86. The molecular weight excluding hydrogens is 314 g/mol. The van der Waals surface area contributed by atoms with Gasteiger partial charge in [-0.05, 0) is 49.6 Å². The maximum absolute atomic E-state index is 12.5. The van der Waals surface area contributed by atoms with Crippen molar-refractivity contribution in [2.45, 2.75) is 37.1 Å². The molecule has 0 aliphatic heterocycles. The molecule has 6 nitrogen and oxygen atoms in total. The summed E-state index contributed by atoms with van der Waals surface area (Å²) >= 11 is 0. The van der Waals surface area contributed by atoms with E-state index in [2.05, 4.69) is 9.82 Å². The van der Waals surface area contributed by atoms with E-state index in [1.165, 1.54) is 18.5 Å². The highest BCUT2D eigenvalue weighted by atomic mass is 32.2. The fourth-order valence-electron chi connectivity index (χ4n) is 2.69. The largest absolute Gasteiger partial charge is 0.497 e. The highest BCUT2D eigenvalue weighted by Crippen LogP contribution is 2.39. The quantitative estimate of drug-likeness (QED) is 0.877. The third kappa shape index (κ3) is 3.40. The van der Waals surface area contributed by atoms with Gasteiger partial charge in [0.15, 0.2) is 0 Å². The van der Waals surface area contributed by atoms with Gasteiger partial charge in [0.05, 0.1) is 24.2 Å². The Kier molecular flexibility index (Phi) is 4.16. The molecule has 0 bridgehead atoms. The molecule has 1 aromatic carbocycles. The molecule has 1 fully saturated rings. The van der Waals surface area contributed by atoms with Gasteiger partial charge < -0.3 is 4.74 Å². The van der Waals surface area contributed by atoms with E-state index in [4.69, 9.17) is 4.74 Å². The van der Waals surface area contributed by atoms with Crippen molar-refractivity contribution in [2.75, 3.05) is 7.11 Å². The molecular formula is C16H21N3O3S. The molecule has 0 radical (unpaired) electrons. The van der Waals surface area contributed by atoms with Crippen LogP contribution < -0.4 is 9.46 Å². The second-order valence-electron chi connectivity index (χ2n) is 5.91. The lowest BCUT2D eigenvalue weighted by Gasteiger charge is -2.09. The van der Waals surface area contributed by atoms with Crippen molar-refractivity contribution >= 4 is 10.0 Å². The summed E-state index contributed by atoms with van der Waals surface area (Å²) in [4.78, 5) is 0.261. The van der Waals surface area contributed by atoms with Crippen LogP contribution in [-0.2, 0) is 23.6 Å². The fraction of sp³-hybridized carbons (Fsp3) is 0.438. The second-order valence-corrected chi connectivity index (χ2v) is 7.65. The molecule has 0 spiro atoms. The van der Waals surface area contributed by atoms with E-state index < -0.39 is 10.0 Å². The molecule has 0 amide bonds. The van der Waals surface area contributed by atoms with E-state index in [0.717, 1.165) is 5.69 Å². The van der Waals surface area contributed by atoms with Crippen molar-refractivity contribution in [3.05, 3.63) is 41.2 Å². The fourth-order valence-corrected chi connectivity index (χ4v) is 3.91. The summed E-state index contributed by atoms with van der Waals surface area (Å²) in [7, 11) is -0.120. The second kappa shape index (κ2) is 5.98. The molecule has 1 aliphatic rings. The van der Waals surface area contributed by atoms with Crippen LogP contribution in [0.3, 0.4) is 0 Å². The van der Waals surface area contributed by atoms with Gasteiger partial charge in [-0.1, -0.05) is 0 Å². The molecule has 1 N–H and O–H groups in total. The number of sulfonamides is 1. The van der Waals surface area contributed by atoms with Crippen LogP contribution in [0.4, 0.5) is 0 Å². The smallest absolute Gasteiger partial charge is 0.241 e. The monoisotopic (exact) mass is 335 g/mol. The van der Waals surface area contributed by atoms with Crippen LogP contribution in [-0.4, -0.2) is 25.3 Å². The van der Waals surface area contributed by atoms with Gasteiger partial charge in [-0.15, -0.1) is 0 Å². The molecule has 124 valence electrons. The minimum atomic E-state index is -3.58. The van der Waals surface area contributed by atoms with Crippen LogP contribution in [0.25, 0.3) is 0 Å². The Balaban J connectivity index is 1.75. The third-order valence-electron chi connectivity index (χ3n) is 4.08. The van der Waals surface area contributed by atoms with Crippen molar-refractivity contribution in [3.63, 3.8) is 0 Å². The zero-order valence-corrected chi connectivity index (χ0v) is 14.4. The van der Waals surface area contributed by atoms with Gasteiger partial charge in [0.1, 0.15) is 5.75 Å². The van der Waals surface area contributed by atoms with Gasteiger partial charge in [0, 0.05) is 18.7 Å². The molecule has 7 heteroatoms. The Bertz CT molecular complexity index is 823. The molecule has 0 saturated heterocycles. The molecule has 2 aromatic rings. The standard InChI is InChI=1S/C16H21N3O3S/c1-11-8-14(22-3)6-7-16(11)23(20,21)17-10-13-9-15(12-4-5-12)19(2)18-13/h6-9,12,17H,4-5,10H2,1-3H3. The zero-order valence-electron chi connectivity index (χ0n) is 13.5.